The maximum absolute atomic E-state index is 12.6. The number of nitrogens with zero attached hydrogens (tertiary/aromatic N) is 3. The number of hydroxylamine groups is 2. The molecule has 12 nitrogen and oxygen atoms in total. The van der Waals surface area contributed by atoms with E-state index in [-0.39, 0.29) is 13.0 Å². The van der Waals surface area contributed by atoms with Crippen molar-refractivity contribution in [3.63, 3.8) is 0 Å². The third-order valence-electron chi connectivity index (χ3n) is 6.08. The molecule has 1 radical (unpaired) electrons. The number of esters is 1. The van der Waals surface area contributed by atoms with Crippen LogP contribution in [0.1, 0.15) is 47.0 Å². The zero-order valence-corrected chi connectivity index (χ0v) is 18.4. The molecule has 1 amide bonds. The lowest BCUT2D eigenvalue weighted by molar-refractivity contribution is -0.293. The SMILES string of the molecule is CN(N=O)C(=O)O[C@@H]1[C@@H](O)[C@H](O)[C@@H](COC(=O)C2CC(C)(C)N([O])C(C)(C)C2)C[C@H]1O. The standard InChI is InChI=1S/C19H32N3O9/c1-18(2)7-11(8-19(3,4)22(18)29)16(26)30-9-10-6-12(23)15(14(25)13(10)24)31-17(27)21(5)20-28/h10-15,23-25H,6-9H2,1-5H3/t10-,12-,13-,14+,15+/m1/s1. The smallest absolute Gasteiger partial charge is 0.433 e. The van der Waals surface area contributed by atoms with Crippen LogP contribution in [0, 0.1) is 16.7 Å². The van der Waals surface area contributed by atoms with Crippen molar-refractivity contribution in [3.05, 3.63) is 4.91 Å². The normalized spacial score (nSPS) is 33.4. The zero-order chi connectivity index (χ0) is 23.7. The molecule has 0 aromatic carbocycles. The van der Waals surface area contributed by atoms with Gasteiger partial charge in [-0.25, -0.2) is 4.79 Å². The van der Waals surface area contributed by atoms with Crippen LogP contribution in [0.2, 0.25) is 0 Å². The highest BCUT2D eigenvalue weighted by atomic mass is 16.6. The van der Waals surface area contributed by atoms with Gasteiger partial charge in [0.2, 0.25) is 0 Å². The van der Waals surface area contributed by atoms with E-state index in [0.717, 1.165) is 12.1 Å². The van der Waals surface area contributed by atoms with Gasteiger partial charge in [-0.05, 0) is 47.0 Å². The summed E-state index contributed by atoms with van der Waals surface area (Å²) in [6.07, 6.45) is -6.60. The van der Waals surface area contributed by atoms with Crippen molar-refractivity contribution in [1.29, 1.82) is 0 Å². The summed E-state index contributed by atoms with van der Waals surface area (Å²) in [4.78, 5) is 34.7. The predicted molar refractivity (Wildman–Crippen MR) is 104 cm³/mol. The Bertz CT molecular complexity index is 669. The molecule has 5 atom stereocenters. The van der Waals surface area contributed by atoms with Gasteiger partial charge in [0, 0.05) is 24.0 Å². The van der Waals surface area contributed by atoms with Crippen LogP contribution in [-0.2, 0) is 19.5 Å². The highest BCUT2D eigenvalue weighted by Gasteiger charge is 2.49. The molecular weight excluding hydrogens is 414 g/mol. The van der Waals surface area contributed by atoms with E-state index in [1.807, 2.05) is 0 Å². The summed E-state index contributed by atoms with van der Waals surface area (Å²) >= 11 is 0. The first kappa shape index (κ1) is 25.4. The highest BCUT2D eigenvalue weighted by molar-refractivity contribution is 5.73. The van der Waals surface area contributed by atoms with E-state index in [9.17, 15) is 35.0 Å². The van der Waals surface area contributed by atoms with Crippen molar-refractivity contribution in [2.24, 2.45) is 17.1 Å². The summed E-state index contributed by atoms with van der Waals surface area (Å²) in [5.41, 5.74) is -1.49. The lowest BCUT2D eigenvalue weighted by Crippen LogP contribution is -2.59. The van der Waals surface area contributed by atoms with Crippen LogP contribution in [-0.4, -0.2) is 86.6 Å². The lowest BCUT2D eigenvalue weighted by atomic mass is 9.75. The first-order valence-electron chi connectivity index (χ1n) is 10.2. The van der Waals surface area contributed by atoms with E-state index >= 15 is 0 Å². The van der Waals surface area contributed by atoms with Crippen molar-refractivity contribution in [2.45, 2.75) is 82.5 Å². The number of piperidine rings is 1. The minimum atomic E-state index is -1.65. The van der Waals surface area contributed by atoms with Gasteiger partial charge in [0.05, 0.1) is 30.0 Å². The number of aliphatic hydroxyl groups excluding tert-OH is 3. The fourth-order valence-electron chi connectivity index (χ4n) is 4.56. The van der Waals surface area contributed by atoms with Crippen molar-refractivity contribution in [1.82, 2.24) is 10.1 Å². The topological polar surface area (TPSA) is 169 Å². The maximum Gasteiger partial charge on any atom is 0.433 e. The van der Waals surface area contributed by atoms with E-state index < -0.39 is 59.4 Å². The van der Waals surface area contributed by atoms with E-state index in [0.29, 0.717) is 17.9 Å². The van der Waals surface area contributed by atoms with E-state index in [1.165, 1.54) is 0 Å². The third kappa shape index (κ3) is 5.50. The van der Waals surface area contributed by atoms with Crippen molar-refractivity contribution < 1.29 is 39.6 Å². The van der Waals surface area contributed by atoms with Crippen LogP contribution >= 0.6 is 0 Å². The molecule has 2 rings (SSSR count). The van der Waals surface area contributed by atoms with Gasteiger partial charge in [-0.1, -0.05) is 0 Å². The number of aliphatic hydroxyl groups is 3. The summed E-state index contributed by atoms with van der Waals surface area (Å²) in [5, 5.41) is 47.0. The zero-order valence-electron chi connectivity index (χ0n) is 18.4. The number of amides is 1. The van der Waals surface area contributed by atoms with Gasteiger partial charge < -0.3 is 24.8 Å². The molecule has 31 heavy (non-hydrogen) atoms. The number of rotatable bonds is 5. The van der Waals surface area contributed by atoms with Gasteiger partial charge in [-0.2, -0.15) is 5.01 Å². The van der Waals surface area contributed by atoms with Crippen LogP contribution in [0.15, 0.2) is 5.29 Å². The summed E-state index contributed by atoms with van der Waals surface area (Å²) in [7, 11) is 1.04. The lowest BCUT2D eigenvalue weighted by Gasteiger charge is -2.49. The molecule has 1 saturated carbocycles. The number of hydrogen-bond donors (Lipinski definition) is 3. The molecule has 177 valence electrons. The first-order valence-corrected chi connectivity index (χ1v) is 10.2. The van der Waals surface area contributed by atoms with Crippen LogP contribution < -0.4 is 0 Å². The Kier molecular flexibility index (Phi) is 7.64. The molecule has 0 spiro atoms. The summed E-state index contributed by atoms with van der Waals surface area (Å²) in [5.74, 6) is -1.82. The molecule has 2 fully saturated rings. The molecule has 1 heterocycles. The Hall–Kier alpha value is -1.86. The first-order chi connectivity index (χ1) is 14.2. The van der Waals surface area contributed by atoms with Crippen LogP contribution in [0.3, 0.4) is 0 Å². The summed E-state index contributed by atoms with van der Waals surface area (Å²) < 4.78 is 10.2. The largest absolute Gasteiger partial charge is 0.465 e. The minimum Gasteiger partial charge on any atom is -0.465 e. The van der Waals surface area contributed by atoms with E-state index in [4.69, 9.17) is 9.47 Å². The van der Waals surface area contributed by atoms with Crippen LogP contribution in [0.5, 0.6) is 0 Å². The molecule has 0 aromatic rings. The average Bonchev–Trinajstić information content (AvgIpc) is 2.69. The molecule has 0 aromatic heterocycles. The second-order valence-electron chi connectivity index (χ2n) is 9.65. The summed E-state index contributed by atoms with van der Waals surface area (Å²) in [6.45, 7) is 6.79. The Labute approximate surface area is 180 Å². The monoisotopic (exact) mass is 446 g/mol. The fourth-order valence-corrected chi connectivity index (χ4v) is 4.56. The molecule has 3 N–H and O–H groups in total. The predicted octanol–water partition coefficient (Wildman–Crippen LogP) is 0.365. The molecule has 1 aliphatic heterocycles. The number of nitroso groups, excluding NO2 is 1. The Morgan fingerprint density at radius 3 is 2.16 bits per heavy atom. The highest BCUT2D eigenvalue weighted by Crippen LogP contribution is 2.41. The molecule has 12 heteroatoms. The number of carbonyl (C=O) groups excluding carboxylic acids is 2. The van der Waals surface area contributed by atoms with Gasteiger partial charge in [-0.15, -0.1) is 15.2 Å². The molecule has 0 unspecified atom stereocenters. The Morgan fingerprint density at radius 1 is 1.10 bits per heavy atom. The maximum atomic E-state index is 12.6. The van der Waals surface area contributed by atoms with Gasteiger partial charge >= 0.3 is 12.1 Å². The quantitative estimate of drug-likeness (QED) is 0.307. The van der Waals surface area contributed by atoms with Gasteiger partial charge in [0.15, 0.2) is 6.10 Å². The van der Waals surface area contributed by atoms with E-state index in [2.05, 4.69) is 5.29 Å². The van der Waals surface area contributed by atoms with Gasteiger partial charge in [0.1, 0.15) is 6.10 Å². The van der Waals surface area contributed by atoms with Crippen LogP contribution in [0.25, 0.3) is 0 Å². The fraction of sp³-hybridized carbons (Fsp3) is 0.895. The molecule has 0 bridgehead atoms. The number of carbonyl (C=O) groups is 2. The molecule has 2 aliphatic rings. The van der Waals surface area contributed by atoms with Gasteiger partial charge in [0.25, 0.3) is 0 Å². The molecule has 1 aliphatic carbocycles. The summed E-state index contributed by atoms with van der Waals surface area (Å²) in [6, 6.07) is 0. The van der Waals surface area contributed by atoms with E-state index in [1.54, 1.807) is 27.7 Å². The van der Waals surface area contributed by atoms with Gasteiger partial charge in [-0.3, -0.25) is 4.79 Å². The third-order valence-corrected chi connectivity index (χ3v) is 6.08. The van der Waals surface area contributed by atoms with Crippen molar-refractivity contribution >= 4 is 12.1 Å². The van der Waals surface area contributed by atoms with Crippen LogP contribution in [0.4, 0.5) is 4.79 Å². The second-order valence-corrected chi connectivity index (χ2v) is 9.65. The average molecular weight is 446 g/mol. The van der Waals surface area contributed by atoms with Crippen molar-refractivity contribution in [2.75, 3.05) is 13.7 Å². The molecule has 1 saturated heterocycles. The van der Waals surface area contributed by atoms with Crippen molar-refractivity contribution in [3.8, 4) is 0 Å². The Balaban J connectivity index is 1.96. The Morgan fingerprint density at radius 2 is 1.65 bits per heavy atom. The second kappa shape index (κ2) is 9.33. The molecular formula is C19H32N3O9. The minimum absolute atomic E-state index is 0.113. The number of ether oxygens (including phenoxy) is 2. The number of hydrogen-bond acceptors (Lipinski definition) is 10.